The molecule has 2 fully saturated rings. The van der Waals surface area contributed by atoms with Crippen LogP contribution in [0, 0.1) is 17.7 Å². The van der Waals surface area contributed by atoms with E-state index < -0.39 is 0 Å². The van der Waals surface area contributed by atoms with Crippen LogP contribution in [0.4, 0.5) is 4.39 Å². The molecule has 0 saturated heterocycles. The normalized spacial score (nSPS) is 18.0. The number of rotatable bonds is 6. The van der Waals surface area contributed by atoms with Crippen molar-refractivity contribution in [2.75, 3.05) is 0 Å². The van der Waals surface area contributed by atoms with Gasteiger partial charge in [0.2, 0.25) is 0 Å². The van der Waals surface area contributed by atoms with Crippen molar-refractivity contribution in [2.24, 2.45) is 11.8 Å². The first-order chi connectivity index (χ1) is 12.8. The van der Waals surface area contributed by atoms with Crippen LogP contribution in [-0.4, -0.2) is 15.0 Å². The van der Waals surface area contributed by atoms with Gasteiger partial charge in [-0.25, -0.2) is 9.37 Å². The first-order valence-electron chi connectivity index (χ1n) is 9.54. The lowest BCUT2D eigenvalue weighted by atomic mass is 9.96. The number of nitrogens with one attached hydrogen (secondary N) is 1. The van der Waals surface area contributed by atoms with E-state index in [1.165, 1.54) is 44.2 Å². The van der Waals surface area contributed by atoms with Crippen LogP contribution in [0.2, 0.25) is 0 Å². The third-order valence-corrected chi connectivity index (χ3v) is 5.64. The van der Waals surface area contributed by atoms with Crippen LogP contribution in [0.1, 0.15) is 43.8 Å². The van der Waals surface area contributed by atoms with Crippen LogP contribution in [0.15, 0.2) is 48.8 Å². The fourth-order valence-electron chi connectivity index (χ4n) is 3.85. The Kier molecular flexibility index (Phi) is 3.84. The topological polar surface area (TPSA) is 41.6 Å². The van der Waals surface area contributed by atoms with Crippen molar-refractivity contribution in [2.45, 2.75) is 38.0 Å². The van der Waals surface area contributed by atoms with Gasteiger partial charge in [-0.15, -0.1) is 0 Å². The molecule has 5 rings (SSSR count). The van der Waals surface area contributed by atoms with E-state index in [4.69, 9.17) is 4.98 Å². The molecule has 0 spiro atoms. The number of aromatic amines is 1. The number of pyridine rings is 1. The second-order valence-electron chi connectivity index (χ2n) is 7.71. The van der Waals surface area contributed by atoms with Gasteiger partial charge < -0.3 is 4.98 Å². The Morgan fingerprint density at radius 1 is 0.962 bits per heavy atom. The molecule has 0 radical (unpaired) electrons. The fourth-order valence-corrected chi connectivity index (χ4v) is 3.85. The molecule has 0 aliphatic heterocycles. The average molecular weight is 347 g/mol. The van der Waals surface area contributed by atoms with E-state index >= 15 is 0 Å². The molecule has 2 aliphatic carbocycles. The zero-order chi connectivity index (χ0) is 17.5. The highest BCUT2D eigenvalue weighted by Crippen LogP contribution is 2.49. The molecular formula is C22H22FN3. The van der Waals surface area contributed by atoms with Crippen LogP contribution in [0.25, 0.3) is 22.5 Å². The van der Waals surface area contributed by atoms with Gasteiger partial charge in [-0.05, 0) is 67.5 Å². The lowest BCUT2D eigenvalue weighted by Crippen LogP contribution is -2.05. The minimum absolute atomic E-state index is 0.223. The van der Waals surface area contributed by atoms with Crippen molar-refractivity contribution in [1.29, 1.82) is 0 Å². The van der Waals surface area contributed by atoms with Crippen molar-refractivity contribution in [1.82, 2.24) is 15.0 Å². The molecule has 26 heavy (non-hydrogen) atoms. The number of aromatic nitrogens is 3. The molecule has 2 aromatic heterocycles. The van der Waals surface area contributed by atoms with E-state index in [0.29, 0.717) is 5.92 Å². The Bertz CT molecular complexity index is 893. The Balaban J connectivity index is 1.59. The fraction of sp³-hybridized carbons (Fsp3) is 0.364. The first-order valence-corrected chi connectivity index (χ1v) is 9.54. The number of H-pyrrole nitrogens is 1. The molecule has 3 nitrogen and oxygen atoms in total. The lowest BCUT2D eigenvalue weighted by Gasteiger charge is -2.12. The Morgan fingerprint density at radius 3 is 2.35 bits per heavy atom. The van der Waals surface area contributed by atoms with Crippen molar-refractivity contribution in [3.63, 3.8) is 0 Å². The first kappa shape index (κ1) is 15.7. The van der Waals surface area contributed by atoms with Crippen LogP contribution in [0.5, 0.6) is 0 Å². The number of benzene rings is 1. The van der Waals surface area contributed by atoms with Gasteiger partial charge in [0.25, 0.3) is 0 Å². The van der Waals surface area contributed by atoms with Gasteiger partial charge >= 0.3 is 0 Å². The summed E-state index contributed by atoms with van der Waals surface area (Å²) in [6.07, 6.45) is 10.2. The van der Waals surface area contributed by atoms with E-state index in [2.05, 4.69) is 9.97 Å². The molecule has 2 aliphatic rings. The molecule has 3 aromatic rings. The smallest absolute Gasteiger partial charge is 0.123 e. The van der Waals surface area contributed by atoms with Gasteiger partial charge in [0, 0.05) is 29.4 Å². The molecule has 1 aromatic carbocycles. The van der Waals surface area contributed by atoms with Gasteiger partial charge in [0.1, 0.15) is 11.6 Å². The minimum atomic E-state index is -0.223. The lowest BCUT2D eigenvalue weighted by molar-refractivity contribution is 0.501. The molecule has 1 N–H and O–H groups in total. The summed E-state index contributed by atoms with van der Waals surface area (Å²) in [6, 6.07) is 10.6. The predicted molar refractivity (Wildman–Crippen MR) is 100 cm³/mol. The molecule has 0 bridgehead atoms. The number of hydrogen-bond donors (Lipinski definition) is 1. The Morgan fingerprint density at radius 2 is 1.69 bits per heavy atom. The molecule has 0 amide bonds. The Labute approximate surface area is 152 Å². The van der Waals surface area contributed by atoms with Crippen molar-refractivity contribution < 1.29 is 4.39 Å². The highest BCUT2D eigenvalue weighted by molar-refractivity contribution is 5.78. The maximum Gasteiger partial charge on any atom is 0.123 e. The SMILES string of the molecule is Fc1ccc(-c2nc(C(CC3CC3)C3CC3)[nH]c2-c2ccncc2)cc1. The van der Waals surface area contributed by atoms with E-state index in [-0.39, 0.29) is 5.82 Å². The summed E-state index contributed by atoms with van der Waals surface area (Å²) in [5.74, 6) is 3.06. The van der Waals surface area contributed by atoms with Gasteiger partial charge in [0.05, 0.1) is 11.4 Å². The third-order valence-electron chi connectivity index (χ3n) is 5.64. The summed E-state index contributed by atoms with van der Waals surface area (Å²) >= 11 is 0. The highest BCUT2D eigenvalue weighted by Gasteiger charge is 2.38. The number of halogens is 1. The van der Waals surface area contributed by atoms with Crippen molar-refractivity contribution in [3.8, 4) is 22.5 Å². The van der Waals surface area contributed by atoms with E-state index in [1.807, 2.05) is 24.3 Å². The molecule has 1 atom stereocenters. The molecule has 1 unspecified atom stereocenters. The van der Waals surface area contributed by atoms with Gasteiger partial charge in [-0.3, -0.25) is 4.98 Å². The average Bonchev–Trinajstić information content (AvgIpc) is 3.59. The van der Waals surface area contributed by atoms with Crippen LogP contribution >= 0.6 is 0 Å². The third kappa shape index (κ3) is 3.16. The summed E-state index contributed by atoms with van der Waals surface area (Å²) in [5.41, 5.74) is 3.93. The van der Waals surface area contributed by atoms with Gasteiger partial charge in [-0.1, -0.05) is 12.8 Å². The monoisotopic (exact) mass is 347 g/mol. The van der Waals surface area contributed by atoms with Crippen LogP contribution in [-0.2, 0) is 0 Å². The summed E-state index contributed by atoms with van der Waals surface area (Å²) in [5, 5.41) is 0. The van der Waals surface area contributed by atoms with Crippen LogP contribution < -0.4 is 0 Å². The maximum absolute atomic E-state index is 13.4. The Hall–Kier alpha value is -2.49. The summed E-state index contributed by atoms with van der Waals surface area (Å²) in [4.78, 5) is 12.8. The quantitative estimate of drug-likeness (QED) is 0.633. The summed E-state index contributed by atoms with van der Waals surface area (Å²) in [7, 11) is 0. The maximum atomic E-state index is 13.4. The zero-order valence-corrected chi connectivity index (χ0v) is 14.7. The highest BCUT2D eigenvalue weighted by atomic mass is 19.1. The number of nitrogens with zero attached hydrogens (tertiary/aromatic N) is 2. The molecule has 132 valence electrons. The van der Waals surface area contributed by atoms with E-state index in [9.17, 15) is 4.39 Å². The second kappa shape index (κ2) is 6.35. The molecule has 2 heterocycles. The van der Waals surface area contributed by atoms with Crippen molar-refractivity contribution in [3.05, 3.63) is 60.4 Å². The molecular weight excluding hydrogens is 325 g/mol. The standard InChI is InChI=1S/C22H22FN3/c23-18-7-5-16(6-8-18)20-21(17-9-11-24-12-10-17)26-22(25-20)19(15-3-4-15)13-14-1-2-14/h5-12,14-15,19H,1-4,13H2,(H,25,26). The predicted octanol–water partition coefficient (Wildman–Crippen LogP) is 5.57. The minimum Gasteiger partial charge on any atom is -0.341 e. The van der Waals surface area contributed by atoms with E-state index in [0.717, 1.165) is 40.2 Å². The number of hydrogen-bond acceptors (Lipinski definition) is 2. The second-order valence-corrected chi connectivity index (χ2v) is 7.71. The molecule has 4 heteroatoms. The number of imidazole rings is 1. The van der Waals surface area contributed by atoms with Crippen LogP contribution in [0.3, 0.4) is 0 Å². The van der Waals surface area contributed by atoms with Gasteiger partial charge in [-0.2, -0.15) is 0 Å². The van der Waals surface area contributed by atoms with E-state index in [1.54, 1.807) is 12.4 Å². The molecule has 2 saturated carbocycles. The summed E-state index contributed by atoms with van der Waals surface area (Å²) < 4.78 is 13.4. The van der Waals surface area contributed by atoms with Crippen molar-refractivity contribution >= 4 is 0 Å². The summed E-state index contributed by atoms with van der Waals surface area (Å²) in [6.45, 7) is 0. The zero-order valence-electron chi connectivity index (χ0n) is 14.7. The largest absolute Gasteiger partial charge is 0.341 e. The van der Waals surface area contributed by atoms with Gasteiger partial charge in [0.15, 0.2) is 0 Å².